The second-order valence-corrected chi connectivity index (χ2v) is 2.08. The molecule has 0 aliphatic carbocycles. The Balaban J connectivity index is 3.90. The van der Waals surface area contributed by atoms with E-state index in [-0.39, 0.29) is 6.61 Å². The minimum absolute atomic E-state index is 0.287. The molecular weight excluding hydrogens is 184 g/mol. The van der Waals surface area contributed by atoms with Crippen molar-refractivity contribution in [2.24, 2.45) is 0 Å². The summed E-state index contributed by atoms with van der Waals surface area (Å²) in [4.78, 5) is 21.4. The van der Waals surface area contributed by atoms with Crippen molar-refractivity contribution in [3.8, 4) is 11.8 Å². The van der Waals surface area contributed by atoms with E-state index in [1.807, 2.05) is 0 Å². The molecule has 0 N–H and O–H groups in total. The Morgan fingerprint density at radius 3 is 2.43 bits per heavy atom. The van der Waals surface area contributed by atoms with Crippen molar-refractivity contribution in [2.75, 3.05) is 13.2 Å². The third-order valence-electron chi connectivity index (χ3n) is 1.04. The number of ether oxygens (including phenoxy) is 2. The molecule has 0 saturated heterocycles. The molecule has 0 aromatic carbocycles. The Hall–Kier alpha value is -1.76. The van der Waals surface area contributed by atoms with Gasteiger partial charge in [0.05, 0.1) is 13.2 Å². The van der Waals surface area contributed by atoms with Crippen LogP contribution >= 0.6 is 0 Å². The Bertz CT molecular complexity index is 280. The zero-order valence-corrected chi connectivity index (χ0v) is 8.20. The van der Waals surface area contributed by atoms with Crippen molar-refractivity contribution in [2.45, 2.75) is 13.8 Å². The predicted molar refractivity (Wildman–Crippen MR) is 50.2 cm³/mol. The maximum absolute atomic E-state index is 10.7. The molecule has 0 saturated carbocycles. The van der Waals surface area contributed by atoms with Crippen molar-refractivity contribution >= 4 is 11.9 Å². The zero-order chi connectivity index (χ0) is 10.8. The lowest BCUT2D eigenvalue weighted by atomic mass is 10.5. The van der Waals surface area contributed by atoms with Crippen LogP contribution in [0.5, 0.6) is 0 Å². The summed E-state index contributed by atoms with van der Waals surface area (Å²) in [6, 6.07) is 0. The lowest BCUT2D eigenvalue weighted by molar-refractivity contribution is -0.137. The van der Waals surface area contributed by atoms with Gasteiger partial charge in [-0.15, -0.1) is 0 Å². The van der Waals surface area contributed by atoms with Crippen LogP contribution in [0.1, 0.15) is 13.8 Å². The maximum atomic E-state index is 10.7. The van der Waals surface area contributed by atoms with Crippen molar-refractivity contribution in [1.82, 2.24) is 0 Å². The van der Waals surface area contributed by atoms with Gasteiger partial charge < -0.3 is 9.47 Å². The highest BCUT2D eigenvalue weighted by atomic mass is 16.5. The van der Waals surface area contributed by atoms with E-state index in [1.165, 1.54) is 6.08 Å². The van der Waals surface area contributed by atoms with E-state index < -0.39 is 11.9 Å². The van der Waals surface area contributed by atoms with Gasteiger partial charge in [-0.25, -0.2) is 9.59 Å². The fourth-order valence-corrected chi connectivity index (χ4v) is 0.568. The number of hydrogen-bond donors (Lipinski definition) is 0. The first kappa shape index (κ1) is 12.2. The van der Waals surface area contributed by atoms with Crippen LogP contribution in [0, 0.1) is 11.8 Å². The predicted octanol–water partition coefficient (Wildman–Crippen LogP) is 0.672. The summed E-state index contributed by atoms with van der Waals surface area (Å²) in [5.74, 6) is 3.44. The number of carbonyl (C=O) groups excluding carboxylic acids is 2. The number of allylic oxidation sites excluding steroid dienone is 1. The van der Waals surface area contributed by atoms with Crippen LogP contribution in [0.25, 0.3) is 0 Å². The van der Waals surface area contributed by atoms with Gasteiger partial charge in [-0.05, 0) is 19.9 Å². The normalized spacial score (nSPS) is 9.00. The summed E-state index contributed by atoms with van der Waals surface area (Å²) in [5, 5.41) is 0. The molecule has 0 aromatic heterocycles. The Labute approximate surface area is 82.9 Å². The Kier molecular flexibility index (Phi) is 6.88. The highest BCUT2D eigenvalue weighted by Gasteiger charge is 1.92. The van der Waals surface area contributed by atoms with Gasteiger partial charge in [0.1, 0.15) is 0 Å². The van der Waals surface area contributed by atoms with E-state index >= 15 is 0 Å². The van der Waals surface area contributed by atoms with Gasteiger partial charge in [0.2, 0.25) is 0 Å². The molecule has 0 heterocycles. The summed E-state index contributed by atoms with van der Waals surface area (Å²) in [6.07, 6.45) is 2.39. The Morgan fingerprint density at radius 1 is 1.21 bits per heavy atom. The molecule has 0 amide bonds. The van der Waals surface area contributed by atoms with Gasteiger partial charge in [-0.3, -0.25) is 0 Å². The van der Waals surface area contributed by atoms with Crippen LogP contribution in [0.4, 0.5) is 0 Å². The van der Waals surface area contributed by atoms with Gasteiger partial charge in [0.15, 0.2) is 0 Å². The van der Waals surface area contributed by atoms with Crippen LogP contribution in [-0.4, -0.2) is 25.2 Å². The smallest absolute Gasteiger partial charge is 0.384 e. The highest BCUT2D eigenvalue weighted by Crippen LogP contribution is 1.80. The van der Waals surface area contributed by atoms with E-state index in [1.54, 1.807) is 13.8 Å². The van der Waals surface area contributed by atoms with E-state index in [2.05, 4.69) is 21.3 Å². The molecule has 0 spiro atoms. The molecule has 0 bridgehead atoms. The fourth-order valence-electron chi connectivity index (χ4n) is 0.568. The maximum Gasteiger partial charge on any atom is 0.384 e. The standard InChI is InChI=1S/C10H12O4/c1-3-13-9(11)7-5-6-8-10(12)14-4-2/h5,7H,3-4H2,1-2H3. The number of hydrogen-bond acceptors (Lipinski definition) is 4. The van der Waals surface area contributed by atoms with Crippen LogP contribution in [0.15, 0.2) is 12.2 Å². The van der Waals surface area contributed by atoms with Crippen LogP contribution in [0.2, 0.25) is 0 Å². The third kappa shape index (κ3) is 6.92. The second kappa shape index (κ2) is 7.87. The summed E-state index contributed by atoms with van der Waals surface area (Å²) < 4.78 is 9.12. The summed E-state index contributed by atoms with van der Waals surface area (Å²) in [5.41, 5.74) is 0. The molecule has 0 rings (SSSR count). The molecule has 0 unspecified atom stereocenters. The quantitative estimate of drug-likeness (QED) is 0.288. The summed E-state index contributed by atoms with van der Waals surface area (Å²) in [6.45, 7) is 3.99. The van der Waals surface area contributed by atoms with E-state index in [0.29, 0.717) is 6.61 Å². The van der Waals surface area contributed by atoms with Gasteiger partial charge in [-0.1, -0.05) is 5.92 Å². The van der Waals surface area contributed by atoms with Gasteiger partial charge in [-0.2, -0.15) is 0 Å². The molecule has 14 heavy (non-hydrogen) atoms. The van der Waals surface area contributed by atoms with Gasteiger partial charge in [0.25, 0.3) is 0 Å². The second-order valence-electron chi connectivity index (χ2n) is 2.08. The first-order valence-corrected chi connectivity index (χ1v) is 4.22. The first-order chi connectivity index (χ1) is 6.70. The topological polar surface area (TPSA) is 52.6 Å². The number of rotatable bonds is 3. The minimum Gasteiger partial charge on any atom is -0.463 e. The minimum atomic E-state index is -0.610. The lowest BCUT2D eigenvalue weighted by Gasteiger charge is -1.92. The molecule has 0 aromatic rings. The number of esters is 2. The van der Waals surface area contributed by atoms with E-state index in [9.17, 15) is 9.59 Å². The first-order valence-electron chi connectivity index (χ1n) is 4.22. The molecule has 0 radical (unpaired) electrons. The zero-order valence-electron chi connectivity index (χ0n) is 8.20. The number of carbonyl (C=O) groups is 2. The van der Waals surface area contributed by atoms with Crippen molar-refractivity contribution in [1.29, 1.82) is 0 Å². The van der Waals surface area contributed by atoms with Crippen molar-refractivity contribution < 1.29 is 19.1 Å². The van der Waals surface area contributed by atoms with Crippen molar-refractivity contribution in [3.05, 3.63) is 12.2 Å². The summed E-state index contributed by atoms with van der Waals surface area (Å²) >= 11 is 0. The van der Waals surface area contributed by atoms with Crippen molar-refractivity contribution in [3.63, 3.8) is 0 Å². The van der Waals surface area contributed by atoms with E-state index in [0.717, 1.165) is 6.08 Å². The molecular formula is C10H12O4. The van der Waals surface area contributed by atoms with Gasteiger partial charge in [0, 0.05) is 12.0 Å². The largest absolute Gasteiger partial charge is 0.463 e. The molecule has 0 aliphatic rings. The fraction of sp³-hybridized carbons (Fsp3) is 0.400. The van der Waals surface area contributed by atoms with Crippen LogP contribution in [-0.2, 0) is 19.1 Å². The molecule has 76 valence electrons. The average Bonchev–Trinajstić information content (AvgIpc) is 2.13. The highest BCUT2D eigenvalue weighted by molar-refractivity contribution is 5.89. The monoisotopic (exact) mass is 196 g/mol. The molecule has 4 nitrogen and oxygen atoms in total. The molecule has 0 fully saturated rings. The molecule has 0 aliphatic heterocycles. The van der Waals surface area contributed by atoms with Gasteiger partial charge >= 0.3 is 11.9 Å². The average molecular weight is 196 g/mol. The summed E-state index contributed by atoms with van der Waals surface area (Å²) in [7, 11) is 0. The van der Waals surface area contributed by atoms with Crippen LogP contribution in [0.3, 0.4) is 0 Å². The molecule has 0 atom stereocenters. The molecule has 4 heteroatoms. The Morgan fingerprint density at radius 2 is 1.86 bits per heavy atom. The van der Waals surface area contributed by atoms with E-state index in [4.69, 9.17) is 0 Å². The SMILES string of the molecule is CCOC(=O)C#CC=CC(=O)OCC. The van der Waals surface area contributed by atoms with Crippen LogP contribution < -0.4 is 0 Å². The lowest BCUT2D eigenvalue weighted by Crippen LogP contribution is -1.99. The third-order valence-corrected chi connectivity index (χ3v) is 1.04.